The zero-order chi connectivity index (χ0) is 17.7. The van der Waals surface area contributed by atoms with Crippen LogP contribution in [0.2, 0.25) is 0 Å². The minimum atomic E-state index is 0.524. The molecule has 25 heavy (non-hydrogen) atoms. The van der Waals surface area contributed by atoms with Gasteiger partial charge in [-0.1, -0.05) is 0 Å². The van der Waals surface area contributed by atoms with Crippen LogP contribution in [-0.2, 0) is 17.9 Å². The fourth-order valence-corrected chi connectivity index (χ4v) is 2.42. The lowest BCUT2D eigenvalue weighted by Gasteiger charge is -2.12. The Morgan fingerprint density at radius 3 is 2.80 bits per heavy atom. The van der Waals surface area contributed by atoms with E-state index in [2.05, 4.69) is 25.2 Å². The van der Waals surface area contributed by atoms with Crippen molar-refractivity contribution in [2.75, 3.05) is 26.7 Å². The minimum Gasteiger partial charge on any atom is -0.467 e. The van der Waals surface area contributed by atoms with E-state index in [9.17, 15) is 0 Å². The molecule has 0 radical (unpaired) electrons. The zero-order valence-corrected chi connectivity index (χ0v) is 15.2. The van der Waals surface area contributed by atoms with Gasteiger partial charge in [-0.25, -0.2) is 4.98 Å². The molecule has 0 unspecified atom stereocenters. The van der Waals surface area contributed by atoms with Crippen LogP contribution in [0, 0.1) is 6.92 Å². The zero-order valence-electron chi connectivity index (χ0n) is 15.2. The first-order valence-corrected chi connectivity index (χ1v) is 8.82. The van der Waals surface area contributed by atoms with E-state index < -0.39 is 0 Å². The molecule has 2 N–H and O–H groups in total. The van der Waals surface area contributed by atoms with Crippen molar-refractivity contribution < 1.29 is 9.15 Å². The van der Waals surface area contributed by atoms with Gasteiger partial charge in [-0.15, -0.1) is 0 Å². The molecule has 0 aliphatic carbocycles. The molecule has 0 aliphatic heterocycles. The molecule has 0 amide bonds. The summed E-state index contributed by atoms with van der Waals surface area (Å²) in [5.41, 5.74) is 0. The average molecular weight is 347 g/mol. The van der Waals surface area contributed by atoms with Crippen molar-refractivity contribution in [3.63, 3.8) is 0 Å². The molecule has 0 saturated carbocycles. The second kappa shape index (κ2) is 11.3. The summed E-state index contributed by atoms with van der Waals surface area (Å²) in [5, 5.41) is 6.63. The van der Waals surface area contributed by atoms with Crippen LogP contribution in [0.25, 0.3) is 0 Å². The molecule has 2 aromatic rings. The van der Waals surface area contributed by atoms with Gasteiger partial charge in [-0.05, 0) is 38.3 Å². The summed E-state index contributed by atoms with van der Waals surface area (Å²) < 4.78 is 12.9. The molecule has 7 heteroatoms. The molecule has 138 valence electrons. The number of nitrogens with one attached hydrogen (secondary N) is 2. The largest absolute Gasteiger partial charge is 0.467 e. The van der Waals surface area contributed by atoms with Crippen molar-refractivity contribution in [1.29, 1.82) is 0 Å². The Morgan fingerprint density at radius 1 is 1.28 bits per heavy atom. The Labute approximate surface area is 149 Å². The van der Waals surface area contributed by atoms with Crippen LogP contribution in [0.1, 0.15) is 30.8 Å². The molecular weight excluding hydrogens is 318 g/mol. The first-order valence-electron chi connectivity index (χ1n) is 8.82. The number of rotatable bonds is 11. The average Bonchev–Trinajstić information content (AvgIpc) is 3.27. The van der Waals surface area contributed by atoms with Gasteiger partial charge in [-0.3, -0.25) is 4.99 Å². The summed E-state index contributed by atoms with van der Waals surface area (Å²) in [5.74, 6) is 2.76. The maximum absolute atomic E-state index is 5.55. The molecule has 0 aliphatic rings. The summed E-state index contributed by atoms with van der Waals surface area (Å²) >= 11 is 0. The first-order chi connectivity index (χ1) is 12.3. The summed E-state index contributed by atoms with van der Waals surface area (Å²) in [4.78, 5) is 8.46. The van der Waals surface area contributed by atoms with E-state index in [1.807, 2.05) is 31.5 Å². The summed E-state index contributed by atoms with van der Waals surface area (Å²) in [7, 11) is 1.79. The summed E-state index contributed by atoms with van der Waals surface area (Å²) in [6, 6.07) is 3.78. The van der Waals surface area contributed by atoms with Crippen molar-refractivity contribution in [3.8, 4) is 0 Å². The number of imidazole rings is 1. The highest BCUT2D eigenvalue weighted by Crippen LogP contribution is 2.01. The lowest BCUT2D eigenvalue weighted by Crippen LogP contribution is -2.38. The molecule has 0 atom stereocenters. The topological polar surface area (TPSA) is 76.6 Å². The first kappa shape index (κ1) is 19.1. The third-order valence-electron chi connectivity index (χ3n) is 3.85. The van der Waals surface area contributed by atoms with Gasteiger partial charge >= 0.3 is 0 Å². The predicted molar refractivity (Wildman–Crippen MR) is 98.5 cm³/mol. The highest BCUT2D eigenvalue weighted by atomic mass is 16.5. The third kappa shape index (κ3) is 7.43. The van der Waals surface area contributed by atoms with E-state index in [0.717, 1.165) is 56.4 Å². The van der Waals surface area contributed by atoms with E-state index in [1.54, 1.807) is 13.3 Å². The SMILES string of the molecule is CN=C(NCCCCn1ccnc1C)NCCCOCc1ccco1. The molecule has 2 rings (SSSR count). The molecule has 2 aromatic heterocycles. The number of nitrogens with zero attached hydrogens (tertiary/aromatic N) is 3. The Bertz CT molecular complexity index is 607. The molecule has 0 bridgehead atoms. The quantitative estimate of drug-likeness (QED) is 0.371. The standard InChI is InChI=1S/C18H29N5O2/c1-16-20-10-12-23(16)11-4-3-8-21-18(19-2)22-9-6-13-24-15-17-7-5-14-25-17/h5,7,10,12,14H,3-4,6,8-9,11,13,15H2,1-2H3,(H2,19,21,22). The van der Waals surface area contributed by atoms with Crippen molar-refractivity contribution in [3.05, 3.63) is 42.4 Å². The fourth-order valence-electron chi connectivity index (χ4n) is 2.42. The normalized spacial score (nSPS) is 11.7. The van der Waals surface area contributed by atoms with Gasteiger partial charge in [-0.2, -0.15) is 0 Å². The number of aliphatic imine (C=N–C) groups is 1. The van der Waals surface area contributed by atoms with Gasteiger partial charge in [0.15, 0.2) is 5.96 Å². The number of aromatic nitrogens is 2. The lowest BCUT2D eigenvalue weighted by atomic mass is 10.3. The molecule has 7 nitrogen and oxygen atoms in total. The van der Waals surface area contributed by atoms with Gasteiger partial charge < -0.3 is 24.4 Å². The van der Waals surface area contributed by atoms with E-state index >= 15 is 0 Å². The Morgan fingerprint density at radius 2 is 2.12 bits per heavy atom. The van der Waals surface area contributed by atoms with E-state index in [4.69, 9.17) is 9.15 Å². The summed E-state index contributed by atoms with van der Waals surface area (Å²) in [6.07, 6.45) is 8.65. The number of hydrogen-bond donors (Lipinski definition) is 2. The highest BCUT2D eigenvalue weighted by molar-refractivity contribution is 5.79. The van der Waals surface area contributed by atoms with Crippen LogP contribution in [0.4, 0.5) is 0 Å². The van der Waals surface area contributed by atoms with Crippen molar-refractivity contribution >= 4 is 5.96 Å². The van der Waals surface area contributed by atoms with Gasteiger partial charge in [0.1, 0.15) is 18.2 Å². The summed E-state index contributed by atoms with van der Waals surface area (Å²) in [6.45, 7) is 5.98. The van der Waals surface area contributed by atoms with Crippen LogP contribution >= 0.6 is 0 Å². The van der Waals surface area contributed by atoms with Gasteiger partial charge in [0.25, 0.3) is 0 Å². The highest BCUT2D eigenvalue weighted by Gasteiger charge is 1.99. The van der Waals surface area contributed by atoms with Crippen LogP contribution in [0.3, 0.4) is 0 Å². The van der Waals surface area contributed by atoms with E-state index in [0.29, 0.717) is 13.2 Å². The number of guanidine groups is 1. The number of aryl methyl sites for hydroxylation is 2. The maximum Gasteiger partial charge on any atom is 0.190 e. The Hall–Kier alpha value is -2.28. The smallest absolute Gasteiger partial charge is 0.190 e. The molecular formula is C18H29N5O2. The molecule has 0 aromatic carbocycles. The van der Waals surface area contributed by atoms with Crippen molar-refractivity contribution in [1.82, 2.24) is 20.2 Å². The van der Waals surface area contributed by atoms with Gasteiger partial charge in [0.05, 0.1) is 6.26 Å². The Balaban J connectivity index is 1.45. The van der Waals surface area contributed by atoms with Crippen LogP contribution in [-0.4, -0.2) is 42.3 Å². The number of hydrogen-bond acceptors (Lipinski definition) is 4. The van der Waals surface area contributed by atoms with Crippen LogP contribution in [0.5, 0.6) is 0 Å². The Kier molecular flexibility index (Phi) is 8.61. The van der Waals surface area contributed by atoms with Gasteiger partial charge in [0, 0.05) is 45.7 Å². The predicted octanol–water partition coefficient (Wildman–Crippen LogP) is 2.34. The van der Waals surface area contributed by atoms with Crippen molar-refractivity contribution in [2.45, 2.75) is 39.3 Å². The lowest BCUT2D eigenvalue weighted by molar-refractivity contribution is 0.105. The van der Waals surface area contributed by atoms with E-state index in [1.165, 1.54) is 0 Å². The van der Waals surface area contributed by atoms with Crippen LogP contribution < -0.4 is 10.6 Å². The maximum atomic E-state index is 5.55. The van der Waals surface area contributed by atoms with Crippen LogP contribution in [0.15, 0.2) is 40.2 Å². The minimum absolute atomic E-state index is 0.524. The molecule has 0 saturated heterocycles. The molecule has 0 fully saturated rings. The van der Waals surface area contributed by atoms with Crippen molar-refractivity contribution in [2.24, 2.45) is 4.99 Å². The third-order valence-corrected chi connectivity index (χ3v) is 3.85. The number of furan rings is 1. The number of ether oxygens (including phenoxy) is 1. The van der Waals surface area contributed by atoms with Gasteiger partial charge in [0.2, 0.25) is 0 Å². The fraction of sp³-hybridized carbons (Fsp3) is 0.556. The molecule has 2 heterocycles. The number of unbranched alkanes of at least 4 members (excludes halogenated alkanes) is 1. The monoisotopic (exact) mass is 347 g/mol. The second-order valence-electron chi connectivity index (χ2n) is 5.79. The second-order valence-corrected chi connectivity index (χ2v) is 5.79. The van der Waals surface area contributed by atoms with E-state index in [-0.39, 0.29) is 0 Å². The molecule has 0 spiro atoms.